The first kappa shape index (κ1) is 17.7. The highest BCUT2D eigenvalue weighted by Gasteiger charge is 2.33. The van der Waals surface area contributed by atoms with Crippen molar-refractivity contribution in [3.63, 3.8) is 0 Å². The number of benzene rings is 2. The van der Waals surface area contributed by atoms with Gasteiger partial charge >= 0.3 is 0 Å². The molecule has 0 saturated heterocycles. The summed E-state index contributed by atoms with van der Waals surface area (Å²) in [5.41, 5.74) is 1.90. The fourth-order valence-corrected chi connectivity index (χ4v) is 3.03. The number of fused-ring (bicyclic) bond motifs is 1. The number of aromatic hydroxyl groups is 4. The van der Waals surface area contributed by atoms with Gasteiger partial charge < -0.3 is 25.2 Å². The second-order valence-corrected chi connectivity index (χ2v) is 6.54. The Bertz CT molecular complexity index is 900. The van der Waals surface area contributed by atoms with Gasteiger partial charge in [-0.15, -0.1) is 6.58 Å². The lowest BCUT2D eigenvalue weighted by molar-refractivity contribution is 0.0841. The average Bonchev–Trinajstić information content (AvgIpc) is 2.56. The Hall–Kier alpha value is -3.15. The zero-order valence-corrected chi connectivity index (χ0v) is 14.3. The van der Waals surface area contributed by atoms with Crippen molar-refractivity contribution >= 4 is 5.78 Å². The molecule has 1 aliphatic heterocycles. The van der Waals surface area contributed by atoms with Gasteiger partial charge in [-0.05, 0) is 37.5 Å². The van der Waals surface area contributed by atoms with Gasteiger partial charge in [0.25, 0.3) is 0 Å². The number of carbonyl (C=O) groups is 1. The van der Waals surface area contributed by atoms with Gasteiger partial charge in [-0.25, -0.2) is 0 Å². The maximum atomic E-state index is 12.6. The third-order valence-corrected chi connectivity index (χ3v) is 4.42. The molecule has 6 heteroatoms. The normalized spacial score (nSPS) is 16.0. The lowest BCUT2D eigenvalue weighted by atomic mass is 9.91. The van der Waals surface area contributed by atoms with E-state index >= 15 is 0 Å². The summed E-state index contributed by atoms with van der Waals surface area (Å²) < 4.78 is 5.95. The monoisotopic (exact) mass is 356 g/mol. The molecular formula is C20H20O6. The van der Waals surface area contributed by atoms with Crippen LogP contribution in [0.5, 0.6) is 28.7 Å². The molecule has 2 aromatic carbocycles. The molecule has 0 spiro atoms. The molecular weight excluding hydrogens is 336 g/mol. The van der Waals surface area contributed by atoms with E-state index in [1.165, 1.54) is 12.1 Å². The minimum Gasteiger partial charge on any atom is -0.507 e. The number of hydrogen-bond donors (Lipinski definition) is 4. The second kappa shape index (κ2) is 6.63. The van der Waals surface area contributed by atoms with Gasteiger partial charge in [0.2, 0.25) is 0 Å². The van der Waals surface area contributed by atoms with Crippen LogP contribution < -0.4 is 4.74 Å². The fraction of sp³-hybridized carbons (Fsp3) is 0.250. The van der Waals surface area contributed by atoms with Gasteiger partial charge in [-0.3, -0.25) is 4.79 Å². The van der Waals surface area contributed by atoms with Crippen LogP contribution in [0.1, 0.15) is 47.4 Å². The van der Waals surface area contributed by atoms with Gasteiger partial charge in [0.05, 0.1) is 6.42 Å². The highest BCUT2D eigenvalue weighted by atomic mass is 16.5. The highest BCUT2D eigenvalue weighted by Crippen LogP contribution is 2.46. The molecule has 3 rings (SSSR count). The van der Waals surface area contributed by atoms with E-state index in [9.17, 15) is 25.2 Å². The zero-order valence-electron chi connectivity index (χ0n) is 14.3. The number of carbonyl (C=O) groups excluding carboxylic acids is 1. The van der Waals surface area contributed by atoms with E-state index in [1.807, 2.05) is 6.92 Å². The third kappa shape index (κ3) is 3.18. The van der Waals surface area contributed by atoms with Gasteiger partial charge in [-0.1, -0.05) is 11.6 Å². The maximum Gasteiger partial charge on any atom is 0.174 e. The van der Waals surface area contributed by atoms with Crippen LogP contribution >= 0.6 is 0 Å². The van der Waals surface area contributed by atoms with E-state index in [1.54, 1.807) is 6.07 Å². The number of phenolic OH excluding ortho intramolecular Hbond substituents is 4. The fourth-order valence-electron chi connectivity index (χ4n) is 3.03. The van der Waals surface area contributed by atoms with Crippen molar-refractivity contribution in [3.05, 3.63) is 53.1 Å². The second-order valence-electron chi connectivity index (χ2n) is 6.54. The van der Waals surface area contributed by atoms with Crippen LogP contribution in [-0.4, -0.2) is 26.2 Å². The summed E-state index contributed by atoms with van der Waals surface area (Å²) in [6.07, 6.45) is 0.263. The maximum absolute atomic E-state index is 12.6. The van der Waals surface area contributed by atoms with E-state index in [0.29, 0.717) is 24.0 Å². The van der Waals surface area contributed by atoms with E-state index in [0.717, 1.165) is 11.6 Å². The number of hydrogen-bond acceptors (Lipinski definition) is 6. The SMILES string of the molecule is C=C(C)CCc1c(O)cc(O)c2c1OC(c1ccc(O)c(O)c1)CC2=O. The van der Waals surface area contributed by atoms with Crippen molar-refractivity contribution in [1.82, 2.24) is 0 Å². The summed E-state index contributed by atoms with van der Waals surface area (Å²) in [5, 5.41) is 39.5. The lowest BCUT2D eigenvalue weighted by Crippen LogP contribution is -2.21. The molecule has 0 aliphatic carbocycles. The molecule has 1 aliphatic rings. The molecule has 1 atom stereocenters. The minimum absolute atomic E-state index is 0.0323. The first-order valence-corrected chi connectivity index (χ1v) is 8.21. The Morgan fingerprint density at radius 1 is 1.12 bits per heavy atom. The smallest absolute Gasteiger partial charge is 0.174 e. The molecule has 26 heavy (non-hydrogen) atoms. The van der Waals surface area contributed by atoms with E-state index in [2.05, 4.69) is 6.58 Å². The summed E-state index contributed by atoms with van der Waals surface area (Å²) in [5.74, 6) is -1.23. The van der Waals surface area contributed by atoms with Crippen LogP contribution in [0.15, 0.2) is 36.4 Å². The first-order valence-electron chi connectivity index (χ1n) is 8.21. The van der Waals surface area contributed by atoms with Crippen molar-refractivity contribution in [1.29, 1.82) is 0 Å². The van der Waals surface area contributed by atoms with E-state index in [-0.39, 0.29) is 46.5 Å². The van der Waals surface area contributed by atoms with E-state index in [4.69, 9.17) is 4.74 Å². The standard InChI is InChI=1S/C20H20O6/c1-10(2)3-5-12-14(22)8-16(24)19-17(25)9-18(26-20(12)19)11-4-6-13(21)15(23)7-11/h4,6-8,18,21-24H,1,3,5,9H2,2H3. The largest absolute Gasteiger partial charge is 0.507 e. The summed E-state index contributed by atoms with van der Waals surface area (Å²) >= 11 is 0. The van der Waals surface area contributed by atoms with Crippen molar-refractivity contribution in [2.45, 2.75) is 32.3 Å². The molecule has 0 radical (unpaired) electrons. The predicted molar refractivity (Wildman–Crippen MR) is 95.0 cm³/mol. The average molecular weight is 356 g/mol. The minimum atomic E-state index is -0.703. The topological polar surface area (TPSA) is 107 Å². The van der Waals surface area contributed by atoms with Crippen LogP contribution in [0.25, 0.3) is 0 Å². The van der Waals surface area contributed by atoms with Crippen LogP contribution in [0, 0.1) is 0 Å². The number of Topliss-reactive ketones (excluding diaryl/α,β-unsaturated/α-hetero) is 1. The molecule has 0 bridgehead atoms. The Kier molecular flexibility index (Phi) is 4.50. The molecule has 136 valence electrons. The Labute approximate surface area is 150 Å². The lowest BCUT2D eigenvalue weighted by Gasteiger charge is -2.28. The summed E-state index contributed by atoms with van der Waals surface area (Å²) in [7, 11) is 0. The van der Waals surface area contributed by atoms with Crippen LogP contribution in [0.3, 0.4) is 0 Å². The number of ketones is 1. The van der Waals surface area contributed by atoms with Gasteiger partial charge in [0.1, 0.15) is 28.9 Å². The van der Waals surface area contributed by atoms with Crippen LogP contribution in [0.2, 0.25) is 0 Å². The molecule has 1 heterocycles. The molecule has 0 amide bonds. The summed E-state index contributed by atoms with van der Waals surface area (Å²) in [4.78, 5) is 12.6. The number of allylic oxidation sites excluding steroid dienone is 1. The van der Waals surface area contributed by atoms with Crippen molar-refractivity contribution in [3.8, 4) is 28.7 Å². The third-order valence-electron chi connectivity index (χ3n) is 4.42. The van der Waals surface area contributed by atoms with E-state index < -0.39 is 6.10 Å². The molecule has 4 N–H and O–H groups in total. The highest BCUT2D eigenvalue weighted by molar-refractivity contribution is 6.03. The summed E-state index contributed by atoms with van der Waals surface area (Å²) in [6, 6.07) is 5.35. The Morgan fingerprint density at radius 2 is 1.85 bits per heavy atom. The zero-order chi connectivity index (χ0) is 19.0. The van der Waals surface area contributed by atoms with Gasteiger partial charge in [0.15, 0.2) is 17.3 Å². The molecule has 0 fully saturated rings. The van der Waals surface area contributed by atoms with Crippen molar-refractivity contribution in [2.75, 3.05) is 0 Å². The molecule has 0 saturated carbocycles. The quantitative estimate of drug-likeness (QED) is 0.491. The van der Waals surface area contributed by atoms with Crippen molar-refractivity contribution < 1.29 is 30.0 Å². The Balaban J connectivity index is 2.05. The molecule has 2 aromatic rings. The van der Waals surface area contributed by atoms with Crippen LogP contribution in [-0.2, 0) is 6.42 Å². The van der Waals surface area contributed by atoms with Crippen molar-refractivity contribution in [2.24, 2.45) is 0 Å². The van der Waals surface area contributed by atoms with Gasteiger partial charge in [0, 0.05) is 11.6 Å². The molecule has 6 nitrogen and oxygen atoms in total. The number of ether oxygens (including phenoxy) is 1. The molecule has 0 aromatic heterocycles. The predicted octanol–water partition coefficient (Wildman–Crippen LogP) is 3.72. The molecule has 1 unspecified atom stereocenters. The Morgan fingerprint density at radius 3 is 2.50 bits per heavy atom. The van der Waals surface area contributed by atoms with Gasteiger partial charge in [-0.2, -0.15) is 0 Å². The number of rotatable bonds is 4. The first-order chi connectivity index (χ1) is 12.3. The van der Waals surface area contributed by atoms with Crippen LogP contribution in [0.4, 0.5) is 0 Å². The number of phenols is 4. The summed E-state index contributed by atoms with van der Waals surface area (Å²) in [6.45, 7) is 5.69.